The average molecular weight is 178 g/mol. The maximum absolute atomic E-state index is 11.6. The van der Waals surface area contributed by atoms with Gasteiger partial charge in [0.05, 0.1) is 11.8 Å². The summed E-state index contributed by atoms with van der Waals surface area (Å²) in [6, 6.07) is 0.188. The first-order chi connectivity index (χ1) is 6.20. The van der Waals surface area contributed by atoms with Crippen LogP contribution < -0.4 is 5.32 Å². The van der Waals surface area contributed by atoms with E-state index in [1.54, 1.807) is 7.05 Å². The van der Waals surface area contributed by atoms with Crippen molar-refractivity contribution >= 4 is 11.8 Å². The SMILES string of the molecule is CN1C(=O)C2C3C=CC(N3)[C@H]2C1=O. The molecule has 3 heterocycles. The molecule has 68 valence electrons. The molecule has 0 aromatic heterocycles. The van der Waals surface area contributed by atoms with Crippen molar-refractivity contribution in [3.8, 4) is 0 Å². The van der Waals surface area contributed by atoms with Gasteiger partial charge < -0.3 is 5.32 Å². The molecule has 0 aliphatic carbocycles. The minimum absolute atomic E-state index is 0.0284. The van der Waals surface area contributed by atoms with Gasteiger partial charge in [-0.1, -0.05) is 12.2 Å². The zero-order valence-corrected chi connectivity index (χ0v) is 7.23. The molecule has 0 radical (unpaired) electrons. The van der Waals surface area contributed by atoms with Gasteiger partial charge in [-0.05, 0) is 0 Å². The van der Waals surface area contributed by atoms with E-state index in [9.17, 15) is 9.59 Å². The van der Waals surface area contributed by atoms with Crippen LogP contribution in [0.2, 0.25) is 0 Å². The summed E-state index contributed by atoms with van der Waals surface area (Å²) in [4.78, 5) is 24.5. The molecule has 0 saturated carbocycles. The van der Waals surface area contributed by atoms with Crippen molar-refractivity contribution in [2.75, 3.05) is 7.05 Å². The van der Waals surface area contributed by atoms with Crippen molar-refractivity contribution in [2.24, 2.45) is 11.8 Å². The molecule has 3 unspecified atom stereocenters. The second-order valence-electron chi connectivity index (χ2n) is 3.89. The molecular formula is C9H10N2O2. The average Bonchev–Trinajstić information content (AvgIpc) is 2.76. The fourth-order valence-electron chi connectivity index (χ4n) is 2.64. The highest BCUT2D eigenvalue weighted by atomic mass is 16.2. The first-order valence-corrected chi connectivity index (χ1v) is 4.46. The maximum atomic E-state index is 11.6. The third-order valence-corrected chi connectivity index (χ3v) is 3.30. The summed E-state index contributed by atoms with van der Waals surface area (Å²) in [5.41, 5.74) is 0. The number of rotatable bonds is 0. The highest BCUT2D eigenvalue weighted by Crippen LogP contribution is 2.40. The monoisotopic (exact) mass is 178 g/mol. The van der Waals surface area contributed by atoms with Crippen LogP contribution in [0.4, 0.5) is 0 Å². The summed E-state index contributed by atoms with van der Waals surface area (Å²) in [7, 11) is 1.57. The van der Waals surface area contributed by atoms with Crippen LogP contribution in [0, 0.1) is 11.8 Å². The van der Waals surface area contributed by atoms with E-state index in [1.807, 2.05) is 12.2 Å². The van der Waals surface area contributed by atoms with Crippen LogP contribution in [0.5, 0.6) is 0 Å². The van der Waals surface area contributed by atoms with Gasteiger partial charge in [0.15, 0.2) is 0 Å². The lowest BCUT2D eigenvalue weighted by atomic mass is 9.85. The molecule has 0 aromatic carbocycles. The number of fused-ring (bicyclic) bond motifs is 5. The number of imide groups is 1. The van der Waals surface area contributed by atoms with Crippen LogP contribution in [0.25, 0.3) is 0 Å². The predicted molar refractivity (Wildman–Crippen MR) is 44.6 cm³/mol. The molecule has 2 amide bonds. The smallest absolute Gasteiger partial charge is 0.234 e. The number of nitrogens with zero attached hydrogens (tertiary/aromatic N) is 1. The van der Waals surface area contributed by atoms with Crippen molar-refractivity contribution in [3.05, 3.63) is 12.2 Å². The summed E-state index contributed by atoms with van der Waals surface area (Å²) >= 11 is 0. The van der Waals surface area contributed by atoms with Crippen molar-refractivity contribution in [1.82, 2.24) is 10.2 Å². The number of hydrogen-bond acceptors (Lipinski definition) is 3. The number of hydrogen-bond donors (Lipinski definition) is 1. The van der Waals surface area contributed by atoms with Crippen molar-refractivity contribution in [2.45, 2.75) is 12.1 Å². The molecule has 0 aromatic rings. The van der Waals surface area contributed by atoms with Gasteiger partial charge in [-0.25, -0.2) is 0 Å². The Morgan fingerprint density at radius 1 is 1.15 bits per heavy atom. The zero-order valence-electron chi connectivity index (χ0n) is 7.23. The van der Waals surface area contributed by atoms with E-state index in [2.05, 4.69) is 5.32 Å². The van der Waals surface area contributed by atoms with E-state index < -0.39 is 0 Å². The summed E-state index contributed by atoms with van der Waals surface area (Å²) < 4.78 is 0. The number of carbonyl (C=O) groups is 2. The molecule has 13 heavy (non-hydrogen) atoms. The van der Waals surface area contributed by atoms with Gasteiger partial charge in [-0.15, -0.1) is 0 Å². The van der Waals surface area contributed by atoms with Crippen molar-refractivity contribution < 1.29 is 9.59 Å². The Balaban J connectivity index is 2.08. The van der Waals surface area contributed by atoms with Gasteiger partial charge in [0.1, 0.15) is 0 Å². The van der Waals surface area contributed by atoms with Crippen LogP contribution in [-0.4, -0.2) is 35.8 Å². The largest absolute Gasteiger partial charge is 0.303 e. The lowest BCUT2D eigenvalue weighted by molar-refractivity contribution is -0.138. The summed E-state index contributed by atoms with van der Waals surface area (Å²) in [5, 5.41) is 3.23. The first-order valence-electron chi connectivity index (χ1n) is 4.46. The Morgan fingerprint density at radius 3 is 2.08 bits per heavy atom. The standard InChI is InChI=1S/C9H10N2O2/c1-11-8(12)6-4-2-3-5(10-4)7(6)9(11)13/h2-7,10H,1H3/t4?,5?,6-,7?/m1/s1. The molecule has 4 heteroatoms. The molecule has 2 saturated heterocycles. The van der Waals surface area contributed by atoms with Gasteiger partial charge in [-0.3, -0.25) is 14.5 Å². The fourth-order valence-corrected chi connectivity index (χ4v) is 2.64. The predicted octanol–water partition coefficient (Wildman–Crippen LogP) is -0.872. The second-order valence-corrected chi connectivity index (χ2v) is 3.89. The van der Waals surface area contributed by atoms with Crippen LogP contribution in [0.15, 0.2) is 12.2 Å². The zero-order chi connectivity index (χ0) is 9.16. The van der Waals surface area contributed by atoms with E-state index in [0.717, 1.165) is 0 Å². The topological polar surface area (TPSA) is 49.4 Å². The molecule has 2 fully saturated rings. The second kappa shape index (κ2) is 2.01. The minimum Gasteiger partial charge on any atom is -0.303 e. The molecule has 2 bridgehead atoms. The lowest BCUT2D eigenvalue weighted by Crippen LogP contribution is -2.35. The molecule has 1 N–H and O–H groups in total. The van der Waals surface area contributed by atoms with Gasteiger partial charge in [-0.2, -0.15) is 0 Å². The molecule has 4 atom stereocenters. The van der Waals surface area contributed by atoms with Crippen LogP contribution >= 0.6 is 0 Å². The number of amides is 2. The van der Waals surface area contributed by atoms with E-state index in [-0.39, 0.29) is 35.7 Å². The van der Waals surface area contributed by atoms with Gasteiger partial charge in [0.2, 0.25) is 11.8 Å². The third-order valence-electron chi connectivity index (χ3n) is 3.30. The molecule has 0 spiro atoms. The highest BCUT2D eigenvalue weighted by molar-refractivity contribution is 6.06. The summed E-state index contributed by atoms with van der Waals surface area (Å²) in [6.07, 6.45) is 3.99. The Labute approximate surface area is 75.6 Å². The molecule has 4 nitrogen and oxygen atoms in total. The Morgan fingerprint density at radius 2 is 1.62 bits per heavy atom. The van der Waals surface area contributed by atoms with Gasteiger partial charge >= 0.3 is 0 Å². The van der Waals surface area contributed by atoms with Crippen LogP contribution in [0.1, 0.15) is 0 Å². The molecule has 3 aliphatic heterocycles. The normalized spacial score (nSPS) is 46.4. The van der Waals surface area contributed by atoms with Gasteiger partial charge in [0.25, 0.3) is 0 Å². The Hall–Kier alpha value is -1.16. The number of likely N-dealkylation sites (tertiary alicyclic amines) is 1. The lowest BCUT2D eigenvalue weighted by Gasteiger charge is -2.12. The molecule has 3 aliphatic rings. The molecular weight excluding hydrogens is 168 g/mol. The maximum Gasteiger partial charge on any atom is 0.234 e. The van der Waals surface area contributed by atoms with E-state index in [0.29, 0.717) is 0 Å². The van der Waals surface area contributed by atoms with Gasteiger partial charge in [0, 0.05) is 19.1 Å². The van der Waals surface area contributed by atoms with Crippen molar-refractivity contribution in [3.63, 3.8) is 0 Å². The Bertz CT molecular complexity index is 307. The third kappa shape index (κ3) is 0.659. The van der Waals surface area contributed by atoms with Crippen LogP contribution in [-0.2, 0) is 9.59 Å². The van der Waals surface area contributed by atoms with E-state index >= 15 is 0 Å². The van der Waals surface area contributed by atoms with E-state index in [4.69, 9.17) is 0 Å². The highest BCUT2D eigenvalue weighted by Gasteiger charge is 2.58. The van der Waals surface area contributed by atoms with E-state index in [1.165, 1.54) is 4.90 Å². The quantitative estimate of drug-likeness (QED) is 0.387. The number of carbonyl (C=O) groups excluding carboxylic acids is 2. The summed E-state index contributed by atoms with van der Waals surface area (Å²) in [5.74, 6) is -0.321. The first kappa shape index (κ1) is 7.26. The number of nitrogens with one attached hydrogen (secondary N) is 1. The fraction of sp³-hybridized carbons (Fsp3) is 0.556. The summed E-state index contributed by atoms with van der Waals surface area (Å²) in [6.45, 7) is 0. The minimum atomic E-state index is -0.132. The van der Waals surface area contributed by atoms with Crippen molar-refractivity contribution in [1.29, 1.82) is 0 Å². The molecule has 3 rings (SSSR count). The van der Waals surface area contributed by atoms with Crippen LogP contribution in [0.3, 0.4) is 0 Å². The Kier molecular flexibility index (Phi) is 1.12.